The van der Waals surface area contributed by atoms with Crippen LogP contribution < -0.4 is 5.32 Å². The average molecular weight is 397 g/mol. The quantitative estimate of drug-likeness (QED) is 0.762. The maximum absolute atomic E-state index is 13.0. The summed E-state index contributed by atoms with van der Waals surface area (Å²) in [5, 5.41) is 2.75. The fraction of sp³-hybridized carbons (Fsp3) is 0.318. The van der Waals surface area contributed by atoms with Crippen LogP contribution in [0.3, 0.4) is 0 Å². The summed E-state index contributed by atoms with van der Waals surface area (Å²) in [5.74, 6) is -1.67. The van der Waals surface area contributed by atoms with Crippen LogP contribution in [0.5, 0.6) is 0 Å². The molecule has 152 valence electrons. The Bertz CT molecular complexity index is 895. The molecule has 0 aromatic heterocycles. The lowest BCUT2D eigenvalue weighted by Gasteiger charge is -2.33. The Kier molecular flexibility index (Phi) is 6.26. The first-order chi connectivity index (χ1) is 13.8. The molecule has 0 saturated carbocycles. The molecular weight excluding hydrogens is 373 g/mol. The van der Waals surface area contributed by atoms with Gasteiger partial charge in [0.15, 0.2) is 0 Å². The van der Waals surface area contributed by atoms with Crippen molar-refractivity contribution in [2.45, 2.75) is 26.3 Å². The third kappa shape index (κ3) is 5.19. The van der Waals surface area contributed by atoms with Crippen LogP contribution in [-0.2, 0) is 20.9 Å². The Morgan fingerprint density at radius 1 is 0.966 bits per heavy atom. The lowest BCUT2D eigenvalue weighted by atomic mass is 10.0. The van der Waals surface area contributed by atoms with Crippen LogP contribution in [0.25, 0.3) is 0 Å². The minimum Gasteiger partial charge on any atom is -0.328 e. The van der Waals surface area contributed by atoms with Gasteiger partial charge in [0, 0.05) is 25.3 Å². The molecule has 1 N–H and O–H groups in total. The largest absolute Gasteiger partial charge is 0.328 e. The van der Waals surface area contributed by atoms with Gasteiger partial charge in [-0.3, -0.25) is 14.4 Å². The Morgan fingerprint density at radius 3 is 2.17 bits per heavy atom. The molecule has 3 rings (SSSR count). The summed E-state index contributed by atoms with van der Waals surface area (Å²) in [6, 6.07) is 13.3. The first-order valence-electron chi connectivity index (χ1n) is 9.56. The molecular formula is C22H24FN3O3. The SMILES string of the molecule is CC(C)c1ccc(NC(=O)CN2CCN(Cc3ccc(F)cc3)C(=O)C2=O)cc1. The van der Waals surface area contributed by atoms with Gasteiger partial charge in [-0.25, -0.2) is 4.39 Å². The molecule has 0 radical (unpaired) electrons. The Morgan fingerprint density at radius 2 is 1.55 bits per heavy atom. The van der Waals surface area contributed by atoms with Gasteiger partial charge < -0.3 is 15.1 Å². The zero-order chi connectivity index (χ0) is 21.0. The van der Waals surface area contributed by atoms with Gasteiger partial charge in [-0.2, -0.15) is 0 Å². The van der Waals surface area contributed by atoms with E-state index in [1.165, 1.54) is 27.5 Å². The molecule has 0 atom stereocenters. The molecule has 0 unspecified atom stereocenters. The van der Waals surface area contributed by atoms with Crippen molar-refractivity contribution in [3.63, 3.8) is 0 Å². The van der Waals surface area contributed by atoms with Gasteiger partial charge in [-0.05, 0) is 41.3 Å². The molecule has 1 saturated heterocycles. The van der Waals surface area contributed by atoms with Crippen LogP contribution in [0.4, 0.5) is 10.1 Å². The first-order valence-corrected chi connectivity index (χ1v) is 9.56. The number of halogens is 1. The number of carbonyl (C=O) groups is 3. The van der Waals surface area contributed by atoms with Crippen LogP contribution in [0.2, 0.25) is 0 Å². The van der Waals surface area contributed by atoms with Gasteiger partial charge in [0.1, 0.15) is 12.4 Å². The molecule has 0 bridgehead atoms. The molecule has 3 amide bonds. The van der Waals surface area contributed by atoms with Crippen LogP contribution in [-0.4, -0.2) is 47.2 Å². The number of hydrogen-bond donors (Lipinski definition) is 1. The third-order valence-corrected chi connectivity index (χ3v) is 4.88. The number of carbonyl (C=O) groups excluding carboxylic acids is 3. The van der Waals surface area contributed by atoms with Crippen molar-refractivity contribution in [1.82, 2.24) is 9.80 Å². The summed E-state index contributed by atoms with van der Waals surface area (Å²) in [6.45, 7) is 4.82. The van der Waals surface area contributed by atoms with E-state index in [-0.39, 0.29) is 31.4 Å². The molecule has 1 aliphatic rings. The lowest BCUT2D eigenvalue weighted by Crippen LogP contribution is -2.55. The summed E-state index contributed by atoms with van der Waals surface area (Å²) in [6.07, 6.45) is 0. The van der Waals surface area contributed by atoms with Crippen molar-refractivity contribution in [2.24, 2.45) is 0 Å². The molecule has 0 spiro atoms. The smallest absolute Gasteiger partial charge is 0.312 e. The highest BCUT2D eigenvalue weighted by atomic mass is 19.1. The zero-order valence-corrected chi connectivity index (χ0v) is 16.5. The maximum atomic E-state index is 13.0. The minimum atomic E-state index is -0.705. The summed E-state index contributed by atoms with van der Waals surface area (Å²) in [4.78, 5) is 39.7. The topological polar surface area (TPSA) is 69.7 Å². The van der Waals surface area contributed by atoms with Crippen LogP contribution >= 0.6 is 0 Å². The van der Waals surface area contributed by atoms with E-state index in [4.69, 9.17) is 0 Å². The standard InChI is InChI=1S/C22H24FN3O3/c1-15(2)17-5-9-19(10-6-17)24-20(27)14-26-12-11-25(21(28)22(26)29)13-16-3-7-18(23)8-4-16/h3-10,15H,11-14H2,1-2H3,(H,24,27). The highest BCUT2D eigenvalue weighted by molar-refractivity contribution is 6.35. The maximum Gasteiger partial charge on any atom is 0.312 e. The second-order valence-corrected chi connectivity index (χ2v) is 7.40. The number of nitrogens with one attached hydrogen (secondary N) is 1. The predicted octanol–water partition coefficient (Wildman–Crippen LogP) is 2.76. The minimum absolute atomic E-state index is 0.180. The number of amides is 3. The molecule has 2 aromatic rings. The number of piperazine rings is 1. The lowest BCUT2D eigenvalue weighted by molar-refractivity contribution is -0.157. The monoisotopic (exact) mass is 397 g/mol. The van der Waals surface area contributed by atoms with E-state index in [0.29, 0.717) is 18.2 Å². The van der Waals surface area contributed by atoms with E-state index in [1.54, 1.807) is 12.1 Å². The Labute approximate surface area is 169 Å². The molecule has 7 heteroatoms. The van der Waals surface area contributed by atoms with Crippen LogP contribution in [0.1, 0.15) is 30.9 Å². The number of benzene rings is 2. The van der Waals surface area contributed by atoms with E-state index < -0.39 is 11.8 Å². The first kappa shape index (κ1) is 20.5. The third-order valence-electron chi connectivity index (χ3n) is 4.88. The van der Waals surface area contributed by atoms with Crippen molar-refractivity contribution >= 4 is 23.4 Å². The van der Waals surface area contributed by atoms with Crippen molar-refractivity contribution in [1.29, 1.82) is 0 Å². The second-order valence-electron chi connectivity index (χ2n) is 7.40. The van der Waals surface area contributed by atoms with Gasteiger partial charge in [-0.1, -0.05) is 38.1 Å². The van der Waals surface area contributed by atoms with E-state index in [0.717, 1.165) is 5.56 Å². The summed E-state index contributed by atoms with van der Waals surface area (Å²) in [5.41, 5.74) is 2.55. The normalized spacial score (nSPS) is 14.5. The number of hydrogen-bond acceptors (Lipinski definition) is 3. The molecule has 6 nitrogen and oxygen atoms in total. The van der Waals surface area contributed by atoms with Crippen molar-refractivity contribution < 1.29 is 18.8 Å². The van der Waals surface area contributed by atoms with E-state index in [1.807, 2.05) is 24.3 Å². The number of anilines is 1. The predicted molar refractivity (Wildman–Crippen MR) is 108 cm³/mol. The fourth-order valence-electron chi connectivity index (χ4n) is 3.15. The zero-order valence-electron chi connectivity index (χ0n) is 16.5. The second kappa shape index (κ2) is 8.86. The molecule has 1 heterocycles. The highest BCUT2D eigenvalue weighted by Gasteiger charge is 2.33. The molecule has 1 aliphatic heterocycles. The fourth-order valence-corrected chi connectivity index (χ4v) is 3.15. The van der Waals surface area contributed by atoms with Crippen LogP contribution in [0, 0.1) is 5.82 Å². The van der Waals surface area contributed by atoms with Gasteiger partial charge >= 0.3 is 11.8 Å². The van der Waals surface area contributed by atoms with Gasteiger partial charge in [-0.15, -0.1) is 0 Å². The number of rotatable bonds is 6. The van der Waals surface area contributed by atoms with Crippen molar-refractivity contribution in [2.75, 3.05) is 25.0 Å². The van der Waals surface area contributed by atoms with Gasteiger partial charge in [0.05, 0.1) is 0 Å². The summed E-state index contributed by atoms with van der Waals surface area (Å²) >= 11 is 0. The molecule has 1 fully saturated rings. The highest BCUT2D eigenvalue weighted by Crippen LogP contribution is 2.17. The summed E-state index contributed by atoms with van der Waals surface area (Å²) < 4.78 is 13.0. The van der Waals surface area contributed by atoms with E-state index in [9.17, 15) is 18.8 Å². The van der Waals surface area contributed by atoms with Crippen molar-refractivity contribution in [3.05, 3.63) is 65.5 Å². The Hall–Kier alpha value is -3.22. The average Bonchev–Trinajstić information content (AvgIpc) is 2.69. The van der Waals surface area contributed by atoms with E-state index in [2.05, 4.69) is 19.2 Å². The summed E-state index contributed by atoms with van der Waals surface area (Å²) in [7, 11) is 0. The van der Waals surface area contributed by atoms with Gasteiger partial charge in [0.25, 0.3) is 0 Å². The van der Waals surface area contributed by atoms with Crippen LogP contribution in [0.15, 0.2) is 48.5 Å². The van der Waals surface area contributed by atoms with Gasteiger partial charge in [0.2, 0.25) is 5.91 Å². The molecule has 29 heavy (non-hydrogen) atoms. The molecule has 0 aliphatic carbocycles. The number of nitrogens with zero attached hydrogens (tertiary/aromatic N) is 2. The Balaban J connectivity index is 1.54. The van der Waals surface area contributed by atoms with Crippen molar-refractivity contribution in [3.8, 4) is 0 Å². The van der Waals surface area contributed by atoms with E-state index >= 15 is 0 Å². The molecule has 2 aromatic carbocycles.